The number of hydrogen-bond acceptors (Lipinski definition) is 5. The van der Waals surface area contributed by atoms with Crippen LogP contribution in [0.2, 0.25) is 0 Å². The molecule has 2 fully saturated rings. The number of likely N-dealkylation sites (N-methyl/N-ethyl adjacent to an activating group) is 1. The highest BCUT2D eigenvalue weighted by atomic mass is 16.3. The minimum atomic E-state index is -1.02. The number of carbonyl (C=O) groups is 1. The SMILES string of the molecule is CN(C)C(=O)c1cc2c([nH]c1=O)C[C@@]13CC4(CN(C)[C@H]4[C@]1(O)C2)c1ccc(O)cc13. The first-order chi connectivity index (χ1) is 14.1. The highest BCUT2D eigenvalue weighted by Gasteiger charge is 2.80. The van der Waals surface area contributed by atoms with Crippen LogP contribution in [0.3, 0.4) is 0 Å². The van der Waals surface area contributed by atoms with E-state index in [1.165, 1.54) is 10.5 Å². The van der Waals surface area contributed by atoms with Gasteiger partial charge in [0, 0.05) is 50.0 Å². The normalized spacial score (nSPS) is 35.1. The zero-order valence-electron chi connectivity index (χ0n) is 17.3. The molecule has 1 aromatic heterocycles. The predicted molar refractivity (Wildman–Crippen MR) is 110 cm³/mol. The summed E-state index contributed by atoms with van der Waals surface area (Å²) < 4.78 is 0. The second kappa shape index (κ2) is 5.15. The van der Waals surface area contributed by atoms with Crippen molar-refractivity contribution in [3.63, 3.8) is 0 Å². The number of carbonyl (C=O) groups excluding carboxylic acids is 1. The van der Waals surface area contributed by atoms with Crippen LogP contribution in [0.4, 0.5) is 0 Å². The molecule has 6 rings (SSSR count). The fourth-order valence-corrected chi connectivity index (χ4v) is 7.37. The lowest BCUT2D eigenvalue weighted by Crippen LogP contribution is -2.74. The molecule has 3 N–H and O–H groups in total. The van der Waals surface area contributed by atoms with Crippen molar-refractivity contribution in [2.24, 2.45) is 0 Å². The number of nitrogens with one attached hydrogen (secondary N) is 1. The van der Waals surface area contributed by atoms with Gasteiger partial charge >= 0.3 is 0 Å². The minimum absolute atomic E-state index is 0.0184. The van der Waals surface area contributed by atoms with E-state index < -0.39 is 16.6 Å². The molecule has 7 nitrogen and oxygen atoms in total. The van der Waals surface area contributed by atoms with Crippen LogP contribution in [0.1, 0.15) is 39.2 Å². The summed E-state index contributed by atoms with van der Waals surface area (Å²) in [5.74, 6) is -0.142. The number of aliphatic hydroxyl groups is 1. The summed E-state index contributed by atoms with van der Waals surface area (Å²) in [6.07, 6.45) is 1.68. The number of amides is 1. The molecule has 2 heterocycles. The molecule has 4 aliphatic rings. The molecule has 1 amide bonds. The van der Waals surface area contributed by atoms with Crippen LogP contribution in [0.15, 0.2) is 29.1 Å². The highest BCUT2D eigenvalue weighted by molar-refractivity contribution is 5.93. The van der Waals surface area contributed by atoms with E-state index in [1.54, 1.807) is 32.3 Å². The van der Waals surface area contributed by atoms with Gasteiger partial charge in [-0.3, -0.25) is 14.5 Å². The number of hydrogen-bond donors (Lipinski definition) is 3. The van der Waals surface area contributed by atoms with Crippen LogP contribution in [0.25, 0.3) is 0 Å². The van der Waals surface area contributed by atoms with Gasteiger partial charge in [0.1, 0.15) is 11.3 Å². The highest BCUT2D eigenvalue weighted by Crippen LogP contribution is 2.72. The van der Waals surface area contributed by atoms with Crippen LogP contribution in [0.5, 0.6) is 5.75 Å². The van der Waals surface area contributed by atoms with Gasteiger partial charge in [-0.2, -0.15) is 0 Å². The van der Waals surface area contributed by atoms with Gasteiger partial charge in [-0.15, -0.1) is 0 Å². The van der Waals surface area contributed by atoms with Crippen molar-refractivity contribution in [1.29, 1.82) is 0 Å². The number of phenols is 1. The number of phenolic OH excluding ortho intramolecular Hbond substituents is 1. The molecule has 1 aromatic carbocycles. The maximum absolute atomic E-state index is 12.7. The molecule has 156 valence electrons. The molecule has 1 saturated carbocycles. The molecule has 2 bridgehead atoms. The van der Waals surface area contributed by atoms with Gasteiger partial charge in [-0.1, -0.05) is 6.07 Å². The third-order valence-electron chi connectivity index (χ3n) is 8.24. The Morgan fingerprint density at radius 1 is 1.23 bits per heavy atom. The number of nitrogens with zero attached hydrogens (tertiary/aromatic N) is 2. The standard InChI is InChI=1S/C23H25N3O4/c1-25(2)19(29)14-6-12-8-23(30)20-21(11-26(20)3)10-22(23,9-17(12)24-18(14)28)16-7-13(27)4-5-15(16)21/h4-7,20,27,30H,8-11H2,1-3H3,(H,24,28)/t20-,21?,22+,23-/m1/s1. The summed E-state index contributed by atoms with van der Waals surface area (Å²) in [6, 6.07) is 7.20. The number of likely N-dealkylation sites (tertiary alicyclic amines) is 1. The number of benzene rings is 1. The Morgan fingerprint density at radius 2 is 2.00 bits per heavy atom. The molecule has 1 unspecified atom stereocenters. The molecule has 2 aromatic rings. The fourth-order valence-electron chi connectivity index (χ4n) is 7.37. The smallest absolute Gasteiger partial charge is 0.261 e. The number of aromatic nitrogens is 1. The van der Waals surface area contributed by atoms with E-state index in [0.717, 1.165) is 29.8 Å². The largest absolute Gasteiger partial charge is 0.508 e. The number of rotatable bonds is 1. The van der Waals surface area contributed by atoms with Crippen molar-refractivity contribution < 1.29 is 15.0 Å². The number of aromatic hydroxyl groups is 1. The predicted octanol–water partition coefficient (Wildman–Crippen LogP) is 0.519. The summed E-state index contributed by atoms with van der Waals surface area (Å²) in [7, 11) is 5.29. The molecule has 1 saturated heterocycles. The summed E-state index contributed by atoms with van der Waals surface area (Å²) in [5.41, 5.74) is 1.86. The third-order valence-corrected chi connectivity index (χ3v) is 8.24. The molecule has 0 radical (unpaired) electrons. The zero-order chi connectivity index (χ0) is 21.2. The van der Waals surface area contributed by atoms with Crippen molar-refractivity contribution in [3.05, 3.63) is 62.6 Å². The van der Waals surface area contributed by atoms with Crippen LogP contribution in [0, 0.1) is 0 Å². The van der Waals surface area contributed by atoms with Gasteiger partial charge in [0.2, 0.25) is 0 Å². The minimum Gasteiger partial charge on any atom is -0.508 e. The summed E-state index contributed by atoms with van der Waals surface area (Å²) in [4.78, 5) is 31.7. The zero-order valence-corrected chi connectivity index (χ0v) is 17.3. The van der Waals surface area contributed by atoms with Gasteiger partial charge in [0.15, 0.2) is 0 Å². The van der Waals surface area contributed by atoms with E-state index in [1.807, 2.05) is 13.1 Å². The second-order valence-corrected chi connectivity index (χ2v) is 9.96. The number of fused-ring (bicyclic) bond motifs is 3. The number of H-pyrrole nitrogens is 1. The molecule has 1 aliphatic heterocycles. The average Bonchev–Trinajstić information content (AvgIpc) is 3.03. The Bertz CT molecular complexity index is 1200. The lowest BCUT2D eigenvalue weighted by atomic mass is 9.55. The van der Waals surface area contributed by atoms with E-state index >= 15 is 0 Å². The first kappa shape index (κ1) is 18.2. The maximum atomic E-state index is 12.7. The van der Waals surface area contributed by atoms with Crippen LogP contribution in [-0.4, -0.2) is 70.2 Å². The third kappa shape index (κ3) is 1.76. The Kier molecular flexibility index (Phi) is 3.12. The molecule has 3 aliphatic carbocycles. The summed E-state index contributed by atoms with van der Waals surface area (Å²) in [6.45, 7) is 0.872. The molecule has 30 heavy (non-hydrogen) atoms. The topological polar surface area (TPSA) is 96.9 Å². The molecular weight excluding hydrogens is 382 g/mol. The van der Waals surface area contributed by atoms with E-state index in [-0.39, 0.29) is 28.7 Å². The molecule has 4 atom stereocenters. The number of aromatic amines is 1. The van der Waals surface area contributed by atoms with Crippen molar-refractivity contribution in [2.75, 3.05) is 27.7 Å². The summed E-state index contributed by atoms with van der Waals surface area (Å²) >= 11 is 0. The van der Waals surface area contributed by atoms with Gasteiger partial charge in [-0.05, 0) is 48.4 Å². The lowest BCUT2D eigenvalue weighted by Gasteiger charge is -2.61. The first-order valence-corrected chi connectivity index (χ1v) is 10.4. The van der Waals surface area contributed by atoms with Crippen LogP contribution in [-0.2, 0) is 23.7 Å². The second-order valence-electron chi connectivity index (χ2n) is 9.96. The Balaban J connectivity index is 1.57. The van der Waals surface area contributed by atoms with Crippen LogP contribution < -0.4 is 5.56 Å². The van der Waals surface area contributed by atoms with Crippen LogP contribution >= 0.6 is 0 Å². The number of pyridine rings is 1. The summed E-state index contributed by atoms with van der Waals surface area (Å²) in [5, 5.41) is 22.4. The Morgan fingerprint density at radius 3 is 2.70 bits per heavy atom. The molecular formula is C23H25N3O4. The Labute approximate surface area is 173 Å². The van der Waals surface area contributed by atoms with Gasteiger partial charge in [0.05, 0.1) is 11.6 Å². The van der Waals surface area contributed by atoms with Gasteiger partial charge in [0.25, 0.3) is 11.5 Å². The van der Waals surface area contributed by atoms with Crippen molar-refractivity contribution in [3.8, 4) is 5.75 Å². The lowest BCUT2D eigenvalue weighted by molar-refractivity contribution is -0.126. The van der Waals surface area contributed by atoms with Crippen molar-refractivity contribution in [2.45, 2.75) is 41.7 Å². The van der Waals surface area contributed by atoms with Crippen molar-refractivity contribution >= 4 is 5.91 Å². The molecule has 7 heteroatoms. The van der Waals surface area contributed by atoms with E-state index in [4.69, 9.17) is 0 Å². The quantitative estimate of drug-likeness (QED) is 0.641. The fraction of sp³-hybridized carbons (Fsp3) is 0.478. The Hall–Kier alpha value is -2.64. The average molecular weight is 407 g/mol. The van der Waals surface area contributed by atoms with Crippen molar-refractivity contribution in [1.82, 2.24) is 14.8 Å². The van der Waals surface area contributed by atoms with E-state index in [9.17, 15) is 19.8 Å². The van der Waals surface area contributed by atoms with Gasteiger partial charge < -0.3 is 20.1 Å². The van der Waals surface area contributed by atoms with E-state index in [2.05, 4.69) is 9.88 Å². The first-order valence-electron chi connectivity index (χ1n) is 10.4. The van der Waals surface area contributed by atoms with Gasteiger partial charge in [-0.25, -0.2) is 0 Å². The maximum Gasteiger partial charge on any atom is 0.261 e. The molecule has 2 spiro atoms. The monoisotopic (exact) mass is 407 g/mol. The van der Waals surface area contributed by atoms with E-state index in [0.29, 0.717) is 12.8 Å².